The third-order valence-electron chi connectivity index (χ3n) is 6.29. The maximum atomic E-state index is 13.0. The Morgan fingerprint density at radius 1 is 1.23 bits per heavy atom. The summed E-state index contributed by atoms with van der Waals surface area (Å²) in [6.45, 7) is 0.398. The molecule has 35 heavy (non-hydrogen) atoms. The fourth-order valence-corrected chi connectivity index (χ4v) is 4.42. The van der Waals surface area contributed by atoms with Crippen molar-refractivity contribution in [1.29, 1.82) is 0 Å². The summed E-state index contributed by atoms with van der Waals surface area (Å²) in [6.07, 6.45) is 2.53. The number of carbonyl (C=O) groups excluding carboxylic acids is 2. The van der Waals surface area contributed by atoms with E-state index < -0.39 is 6.10 Å². The summed E-state index contributed by atoms with van der Waals surface area (Å²) in [5.74, 6) is 0.647. The zero-order valence-corrected chi connectivity index (χ0v) is 19.2. The fourth-order valence-electron chi connectivity index (χ4n) is 4.42. The summed E-state index contributed by atoms with van der Waals surface area (Å²) in [5.41, 5.74) is 2.48. The number of nitrogens with zero attached hydrogens (tertiary/aromatic N) is 3. The number of fused-ring (bicyclic) bond motifs is 2. The van der Waals surface area contributed by atoms with Crippen molar-refractivity contribution in [2.45, 2.75) is 38.0 Å². The van der Waals surface area contributed by atoms with E-state index in [9.17, 15) is 14.7 Å². The largest absolute Gasteiger partial charge is 0.481 e. The molecule has 0 bridgehead atoms. The van der Waals surface area contributed by atoms with E-state index in [4.69, 9.17) is 9.47 Å². The number of anilines is 2. The molecule has 4 N–H and O–H groups in total. The number of carbonyl (C=O) groups is 2. The van der Waals surface area contributed by atoms with Gasteiger partial charge in [0.1, 0.15) is 5.52 Å². The first-order valence-electron chi connectivity index (χ1n) is 11.4. The Kier molecular flexibility index (Phi) is 6.43. The van der Waals surface area contributed by atoms with Crippen molar-refractivity contribution in [2.75, 3.05) is 24.4 Å². The number of ether oxygens (including phenoxy) is 2. The van der Waals surface area contributed by atoms with E-state index in [0.717, 1.165) is 0 Å². The van der Waals surface area contributed by atoms with Gasteiger partial charge in [0.2, 0.25) is 11.8 Å². The highest BCUT2D eigenvalue weighted by atomic mass is 16.5. The van der Waals surface area contributed by atoms with Crippen molar-refractivity contribution in [3.8, 4) is 11.6 Å². The maximum Gasteiger partial charge on any atom is 0.263 e. The van der Waals surface area contributed by atoms with Crippen LogP contribution in [0.15, 0.2) is 36.5 Å². The highest BCUT2D eigenvalue weighted by Gasteiger charge is 2.33. The molecule has 182 valence electrons. The average molecular weight is 479 g/mol. The second-order valence-electron chi connectivity index (χ2n) is 8.62. The molecular formula is C24H26N6O5. The first-order chi connectivity index (χ1) is 17.0. The topological polar surface area (TPSA) is 148 Å². The molecule has 0 spiro atoms. The molecule has 1 aliphatic heterocycles. The molecule has 1 fully saturated rings. The van der Waals surface area contributed by atoms with Gasteiger partial charge in [-0.15, -0.1) is 0 Å². The first-order valence-corrected chi connectivity index (χ1v) is 11.4. The molecule has 1 saturated carbocycles. The number of amides is 2. The van der Waals surface area contributed by atoms with Crippen LogP contribution in [0.5, 0.6) is 11.6 Å². The predicted molar refractivity (Wildman–Crippen MR) is 127 cm³/mol. The van der Waals surface area contributed by atoms with Crippen molar-refractivity contribution >= 4 is 34.4 Å². The molecule has 0 unspecified atom stereocenters. The van der Waals surface area contributed by atoms with Gasteiger partial charge in [-0.25, -0.2) is 9.97 Å². The second kappa shape index (κ2) is 9.80. The molecule has 5 rings (SSSR count). The Balaban J connectivity index is 1.18. The zero-order valence-electron chi connectivity index (χ0n) is 19.2. The molecule has 0 saturated heterocycles. The molecule has 11 nitrogen and oxygen atoms in total. The van der Waals surface area contributed by atoms with Crippen molar-refractivity contribution in [1.82, 2.24) is 20.3 Å². The summed E-state index contributed by atoms with van der Waals surface area (Å²) in [6, 6.07) is 8.62. The van der Waals surface area contributed by atoms with Crippen LogP contribution >= 0.6 is 0 Å². The Morgan fingerprint density at radius 2 is 2.11 bits per heavy atom. The summed E-state index contributed by atoms with van der Waals surface area (Å²) >= 11 is 0. The Bertz CT molecular complexity index is 1270. The normalized spacial score (nSPS) is 21.5. The van der Waals surface area contributed by atoms with Crippen molar-refractivity contribution < 1.29 is 24.2 Å². The van der Waals surface area contributed by atoms with Gasteiger partial charge in [0.15, 0.2) is 18.2 Å². The molecule has 2 aliphatic rings. The molecule has 0 aromatic carbocycles. The lowest BCUT2D eigenvalue weighted by Gasteiger charge is -2.33. The van der Waals surface area contributed by atoms with E-state index in [1.807, 2.05) is 6.07 Å². The number of hydrogen-bond acceptors (Lipinski definition) is 9. The molecule has 2 amide bonds. The van der Waals surface area contributed by atoms with E-state index in [-0.39, 0.29) is 30.4 Å². The Hall–Kier alpha value is -3.83. The Labute approximate surface area is 201 Å². The lowest BCUT2D eigenvalue weighted by atomic mass is 9.83. The number of nitrogens with one attached hydrogen (secondary N) is 3. The minimum atomic E-state index is -0.687. The van der Waals surface area contributed by atoms with Crippen LogP contribution < -0.4 is 25.4 Å². The minimum Gasteiger partial charge on any atom is -0.481 e. The highest BCUT2D eigenvalue weighted by molar-refractivity contribution is 6.00. The van der Waals surface area contributed by atoms with Gasteiger partial charge in [-0.1, -0.05) is 0 Å². The molecule has 3 aromatic heterocycles. The van der Waals surface area contributed by atoms with Crippen molar-refractivity contribution in [3.05, 3.63) is 42.2 Å². The first kappa shape index (κ1) is 22.9. The smallest absolute Gasteiger partial charge is 0.263 e. The van der Waals surface area contributed by atoms with Gasteiger partial charge in [0.25, 0.3) is 5.91 Å². The van der Waals surface area contributed by atoms with Gasteiger partial charge in [0.05, 0.1) is 30.1 Å². The van der Waals surface area contributed by atoms with E-state index in [2.05, 4.69) is 30.9 Å². The number of pyridine rings is 3. The van der Waals surface area contributed by atoms with Crippen LogP contribution in [0.2, 0.25) is 0 Å². The van der Waals surface area contributed by atoms with Crippen LogP contribution in [0.4, 0.5) is 11.5 Å². The van der Waals surface area contributed by atoms with Gasteiger partial charge in [-0.2, -0.15) is 0 Å². The van der Waals surface area contributed by atoms with Gasteiger partial charge < -0.3 is 30.5 Å². The van der Waals surface area contributed by atoms with Crippen LogP contribution in [0.3, 0.4) is 0 Å². The standard InChI is InChI=1S/C24H26N6O5/c1-34-21-7-5-16-22(30-21)17(8-9-25-16)28-24(33)13-2-4-15(18(31)10-13)26-11-14-3-6-19-23(27-14)29-20(32)12-35-19/h3,5-9,13,15,18,26,31H,2,4,10-12H2,1H3,(H,25,28,33)(H,27,29,32)/t13-,15-,18-/m1/s1. The molecule has 11 heteroatoms. The molecule has 3 atom stereocenters. The monoisotopic (exact) mass is 478 g/mol. The fraction of sp³-hybridized carbons (Fsp3) is 0.375. The van der Waals surface area contributed by atoms with Crippen molar-refractivity contribution in [2.24, 2.45) is 5.92 Å². The number of methoxy groups -OCH3 is 1. The number of rotatable bonds is 6. The Morgan fingerprint density at radius 3 is 2.94 bits per heavy atom. The van der Waals surface area contributed by atoms with E-state index in [1.54, 1.807) is 30.5 Å². The van der Waals surface area contributed by atoms with Crippen LogP contribution in [-0.2, 0) is 16.1 Å². The SMILES string of the molecule is COc1ccc2nccc(NC(=O)[C@@H]3CC[C@@H](NCc4ccc5c(n4)NC(=O)CO5)[C@H](O)C3)c2n1. The molecule has 1 aliphatic carbocycles. The maximum absolute atomic E-state index is 13.0. The van der Waals surface area contributed by atoms with Crippen molar-refractivity contribution in [3.63, 3.8) is 0 Å². The van der Waals surface area contributed by atoms with E-state index in [1.165, 1.54) is 7.11 Å². The van der Waals surface area contributed by atoms with Gasteiger partial charge in [-0.05, 0) is 43.5 Å². The number of hydrogen-bond donors (Lipinski definition) is 4. The molecule has 0 radical (unpaired) electrons. The summed E-state index contributed by atoms with van der Waals surface area (Å²) < 4.78 is 10.5. The summed E-state index contributed by atoms with van der Waals surface area (Å²) in [4.78, 5) is 37.6. The zero-order chi connectivity index (χ0) is 24.4. The van der Waals surface area contributed by atoms with Gasteiger partial charge >= 0.3 is 0 Å². The predicted octanol–water partition coefficient (Wildman–Crippen LogP) is 1.62. The molecule has 3 aromatic rings. The number of aliphatic hydroxyl groups excluding tert-OH is 1. The molecule has 4 heterocycles. The summed E-state index contributed by atoms with van der Waals surface area (Å²) in [7, 11) is 1.53. The lowest BCUT2D eigenvalue weighted by molar-refractivity contribution is -0.122. The van der Waals surface area contributed by atoms with Crippen LogP contribution in [0.1, 0.15) is 25.0 Å². The summed E-state index contributed by atoms with van der Waals surface area (Å²) in [5, 5.41) is 19.7. The van der Waals surface area contributed by atoms with Gasteiger partial charge in [-0.3, -0.25) is 14.6 Å². The second-order valence-corrected chi connectivity index (χ2v) is 8.62. The minimum absolute atomic E-state index is 0.0165. The average Bonchev–Trinajstić information content (AvgIpc) is 2.87. The molecular weight excluding hydrogens is 452 g/mol. The number of aliphatic hydroxyl groups is 1. The van der Waals surface area contributed by atoms with Crippen LogP contribution in [0, 0.1) is 5.92 Å². The quantitative estimate of drug-likeness (QED) is 0.415. The van der Waals surface area contributed by atoms with E-state index >= 15 is 0 Å². The van der Waals surface area contributed by atoms with Crippen LogP contribution in [0.25, 0.3) is 11.0 Å². The van der Waals surface area contributed by atoms with E-state index in [0.29, 0.717) is 65.7 Å². The van der Waals surface area contributed by atoms with Gasteiger partial charge in [0, 0.05) is 30.8 Å². The third-order valence-corrected chi connectivity index (χ3v) is 6.29. The van der Waals surface area contributed by atoms with Crippen LogP contribution in [-0.4, -0.2) is 57.7 Å². The highest BCUT2D eigenvalue weighted by Crippen LogP contribution is 2.29. The third kappa shape index (κ3) is 5.00. The number of aromatic nitrogens is 3. The lowest BCUT2D eigenvalue weighted by Crippen LogP contribution is -2.46.